The molecule has 0 aromatic heterocycles. The van der Waals surface area contributed by atoms with Crippen molar-refractivity contribution in [3.8, 4) is 0 Å². The van der Waals surface area contributed by atoms with Gasteiger partial charge >= 0.3 is 5.97 Å². The highest BCUT2D eigenvalue weighted by Crippen LogP contribution is 2.14. The summed E-state index contributed by atoms with van der Waals surface area (Å²) in [6.45, 7) is -0.616. The largest absolute Gasteiger partial charge is 0.435 e. The minimum Gasteiger partial charge on any atom is -0.435 e. The zero-order chi connectivity index (χ0) is 13.5. The lowest BCUT2D eigenvalue weighted by atomic mass is 10.1. The van der Waals surface area contributed by atoms with Crippen molar-refractivity contribution in [3.05, 3.63) is 71.3 Å². The Hall–Kier alpha value is -2.39. The predicted octanol–water partition coefficient (Wildman–Crippen LogP) is 2.96. The fourth-order valence-electron chi connectivity index (χ4n) is 1.71. The number of hydrogen-bond donors (Lipinski definition) is 1. The van der Waals surface area contributed by atoms with Crippen LogP contribution in [0, 0.1) is 0 Å². The molecule has 0 spiro atoms. The molecule has 96 valence electrons. The number of esters is 1. The van der Waals surface area contributed by atoms with Crippen LogP contribution in [0.4, 0.5) is 0 Å². The van der Waals surface area contributed by atoms with Gasteiger partial charge in [-0.05, 0) is 17.2 Å². The molecule has 2 aromatic rings. The molecule has 3 heteroatoms. The van der Waals surface area contributed by atoms with Crippen molar-refractivity contribution < 1.29 is 14.6 Å². The minimum absolute atomic E-state index is 0.434. The van der Waals surface area contributed by atoms with Crippen LogP contribution in [0.2, 0.25) is 0 Å². The summed E-state index contributed by atoms with van der Waals surface area (Å²) in [5, 5.41) is 8.64. The lowest BCUT2D eigenvalue weighted by Gasteiger charge is -2.04. The molecule has 0 heterocycles. The Balaban J connectivity index is 2.25. The normalized spacial score (nSPS) is 10.6. The van der Waals surface area contributed by atoms with Gasteiger partial charge in [-0.25, -0.2) is 4.79 Å². The number of hydrogen-bond acceptors (Lipinski definition) is 3. The predicted molar refractivity (Wildman–Crippen MR) is 74.3 cm³/mol. The van der Waals surface area contributed by atoms with E-state index in [1.54, 1.807) is 12.1 Å². The summed E-state index contributed by atoms with van der Waals surface area (Å²) in [4.78, 5) is 11.7. The van der Waals surface area contributed by atoms with Crippen LogP contribution in [-0.4, -0.2) is 17.9 Å². The topological polar surface area (TPSA) is 46.5 Å². The third kappa shape index (κ3) is 3.53. The van der Waals surface area contributed by atoms with Crippen molar-refractivity contribution in [2.75, 3.05) is 6.79 Å². The summed E-state index contributed by atoms with van der Waals surface area (Å²) in [6, 6.07) is 16.9. The van der Waals surface area contributed by atoms with Gasteiger partial charge in [-0.1, -0.05) is 60.7 Å². The van der Waals surface area contributed by atoms with E-state index in [1.165, 1.54) is 0 Å². The molecule has 0 unspecified atom stereocenters. The Bertz CT molecular complexity index is 574. The standard InChI is InChI=1S/C16H14O3/c17-12-19-16(18)15-9-5-4-8-14(15)11-10-13-6-2-1-3-7-13/h1-11,17H,12H2. The first-order valence-corrected chi connectivity index (χ1v) is 5.91. The van der Waals surface area contributed by atoms with Crippen molar-refractivity contribution in [3.63, 3.8) is 0 Å². The highest BCUT2D eigenvalue weighted by Gasteiger charge is 2.09. The van der Waals surface area contributed by atoms with E-state index in [4.69, 9.17) is 5.11 Å². The second kappa shape index (κ2) is 6.52. The molecule has 0 amide bonds. The van der Waals surface area contributed by atoms with Crippen molar-refractivity contribution in [1.82, 2.24) is 0 Å². The molecule has 0 aliphatic heterocycles. The molecule has 0 atom stereocenters. The maximum Gasteiger partial charge on any atom is 0.340 e. The lowest BCUT2D eigenvalue weighted by molar-refractivity contribution is 0.00682. The van der Waals surface area contributed by atoms with Crippen LogP contribution in [0.3, 0.4) is 0 Å². The maximum atomic E-state index is 11.7. The number of aliphatic hydroxyl groups excluding tert-OH is 1. The molecular formula is C16H14O3. The Morgan fingerprint density at radius 2 is 1.68 bits per heavy atom. The Labute approximate surface area is 111 Å². The Kier molecular flexibility index (Phi) is 4.48. The van der Waals surface area contributed by atoms with Gasteiger partial charge in [0.05, 0.1) is 5.56 Å². The fourth-order valence-corrected chi connectivity index (χ4v) is 1.71. The van der Waals surface area contributed by atoms with E-state index in [0.29, 0.717) is 5.56 Å². The van der Waals surface area contributed by atoms with Gasteiger partial charge in [-0.15, -0.1) is 0 Å². The second-order valence-electron chi connectivity index (χ2n) is 3.89. The van der Waals surface area contributed by atoms with E-state index in [2.05, 4.69) is 4.74 Å². The van der Waals surface area contributed by atoms with Gasteiger partial charge in [0, 0.05) is 0 Å². The number of aliphatic hydroxyl groups is 1. The monoisotopic (exact) mass is 254 g/mol. The van der Waals surface area contributed by atoms with Crippen LogP contribution >= 0.6 is 0 Å². The van der Waals surface area contributed by atoms with Crippen LogP contribution in [0.25, 0.3) is 12.2 Å². The molecule has 1 N–H and O–H groups in total. The summed E-state index contributed by atoms with van der Waals surface area (Å²) in [5.74, 6) is -0.532. The number of ether oxygens (including phenoxy) is 1. The summed E-state index contributed by atoms with van der Waals surface area (Å²) >= 11 is 0. The van der Waals surface area contributed by atoms with Gasteiger partial charge in [0.2, 0.25) is 0 Å². The first-order chi connectivity index (χ1) is 9.31. The van der Waals surface area contributed by atoms with Gasteiger partial charge in [0.1, 0.15) is 0 Å². The first-order valence-electron chi connectivity index (χ1n) is 5.91. The molecule has 0 saturated heterocycles. The van der Waals surface area contributed by atoms with Gasteiger partial charge in [-0.2, -0.15) is 0 Å². The minimum atomic E-state index is -0.616. The van der Waals surface area contributed by atoms with Crippen LogP contribution in [0.1, 0.15) is 21.5 Å². The smallest absolute Gasteiger partial charge is 0.340 e. The number of rotatable bonds is 4. The number of benzene rings is 2. The summed E-state index contributed by atoms with van der Waals surface area (Å²) in [5.41, 5.74) is 2.24. The quantitative estimate of drug-likeness (QED) is 0.518. The van der Waals surface area contributed by atoms with E-state index in [1.807, 2.05) is 54.6 Å². The highest BCUT2D eigenvalue weighted by molar-refractivity contribution is 5.94. The van der Waals surface area contributed by atoms with Crippen molar-refractivity contribution in [2.24, 2.45) is 0 Å². The van der Waals surface area contributed by atoms with Crippen LogP contribution in [0.5, 0.6) is 0 Å². The molecular weight excluding hydrogens is 240 g/mol. The molecule has 2 rings (SSSR count). The Morgan fingerprint density at radius 1 is 1.00 bits per heavy atom. The third-order valence-corrected chi connectivity index (χ3v) is 2.63. The van der Waals surface area contributed by atoms with E-state index >= 15 is 0 Å². The summed E-state index contributed by atoms with van der Waals surface area (Å²) in [6.07, 6.45) is 3.77. The average molecular weight is 254 g/mol. The Morgan fingerprint density at radius 3 is 2.42 bits per heavy atom. The highest BCUT2D eigenvalue weighted by atomic mass is 16.6. The molecule has 0 bridgehead atoms. The number of carbonyl (C=O) groups excluding carboxylic acids is 1. The van der Waals surface area contributed by atoms with Crippen LogP contribution in [-0.2, 0) is 4.74 Å². The number of carbonyl (C=O) groups is 1. The molecule has 0 radical (unpaired) electrons. The molecule has 0 saturated carbocycles. The van der Waals surface area contributed by atoms with Crippen LogP contribution in [0.15, 0.2) is 54.6 Å². The third-order valence-electron chi connectivity index (χ3n) is 2.63. The SMILES string of the molecule is O=C(OCO)c1ccccc1C=Cc1ccccc1. The molecule has 0 aliphatic rings. The molecule has 19 heavy (non-hydrogen) atoms. The van der Waals surface area contributed by atoms with Crippen molar-refractivity contribution >= 4 is 18.1 Å². The molecule has 2 aromatic carbocycles. The average Bonchev–Trinajstić information content (AvgIpc) is 2.47. The summed E-state index contributed by atoms with van der Waals surface area (Å²) in [7, 11) is 0. The maximum absolute atomic E-state index is 11.7. The van der Waals surface area contributed by atoms with E-state index in [-0.39, 0.29) is 0 Å². The second-order valence-corrected chi connectivity index (χ2v) is 3.89. The summed E-state index contributed by atoms with van der Waals surface area (Å²) < 4.78 is 4.60. The van der Waals surface area contributed by atoms with Crippen molar-refractivity contribution in [2.45, 2.75) is 0 Å². The van der Waals surface area contributed by atoms with Gasteiger partial charge in [-0.3, -0.25) is 0 Å². The molecule has 3 nitrogen and oxygen atoms in total. The van der Waals surface area contributed by atoms with Gasteiger partial charge in [0.25, 0.3) is 0 Å². The van der Waals surface area contributed by atoms with Gasteiger partial charge < -0.3 is 9.84 Å². The lowest BCUT2D eigenvalue weighted by Crippen LogP contribution is -2.07. The molecule has 0 aliphatic carbocycles. The first kappa shape index (κ1) is 13.1. The van der Waals surface area contributed by atoms with Crippen LogP contribution < -0.4 is 0 Å². The van der Waals surface area contributed by atoms with E-state index < -0.39 is 12.8 Å². The van der Waals surface area contributed by atoms with Crippen molar-refractivity contribution in [1.29, 1.82) is 0 Å². The van der Waals surface area contributed by atoms with Gasteiger partial charge in [0.15, 0.2) is 6.79 Å². The van der Waals surface area contributed by atoms with E-state index in [9.17, 15) is 4.79 Å². The zero-order valence-corrected chi connectivity index (χ0v) is 10.3. The van der Waals surface area contributed by atoms with E-state index in [0.717, 1.165) is 11.1 Å². The fraction of sp³-hybridized carbons (Fsp3) is 0.0625. The molecule has 0 fully saturated rings. The zero-order valence-electron chi connectivity index (χ0n) is 10.3.